The predicted octanol–water partition coefficient (Wildman–Crippen LogP) is 4.16. The Morgan fingerprint density at radius 3 is 2.38 bits per heavy atom. The molecule has 0 aromatic carbocycles. The van der Waals surface area contributed by atoms with Crippen molar-refractivity contribution >= 4 is 0 Å². The summed E-state index contributed by atoms with van der Waals surface area (Å²) >= 11 is 0. The second-order valence-electron chi connectivity index (χ2n) is 7.50. The average molecular weight is 222 g/mol. The van der Waals surface area contributed by atoms with Crippen LogP contribution >= 0.6 is 0 Å². The Labute approximate surface area is 99.9 Å². The Balaban J connectivity index is 2.05. The molecule has 92 valence electrons. The highest BCUT2D eigenvalue weighted by atomic mass is 16.5. The quantitative estimate of drug-likeness (QED) is 0.598. The summed E-state index contributed by atoms with van der Waals surface area (Å²) < 4.78 is 6.52. The molecule has 0 amide bonds. The molecule has 1 aliphatic heterocycles. The van der Waals surface area contributed by atoms with Crippen LogP contribution in [0.5, 0.6) is 0 Å². The number of rotatable bonds is 0. The van der Waals surface area contributed by atoms with E-state index in [9.17, 15) is 0 Å². The van der Waals surface area contributed by atoms with Gasteiger partial charge in [-0.05, 0) is 63.7 Å². The minimum atomic E-state index is 0.117. The number of hydrogen-bond donors (Lipinski definition) is 0. The molecule has 1 heteroatoms. The van der Waals surface area contributed by atoms with Crippen molar-refractivity contribution in [2.24, 2.45) is 17.3 Å². The van der Waals surface area contributed by atoms with Crippen LogP contribution in [0.3, 0.4) is 0 Å². The summed E-state index contributed by atoms with van der Waals surface area (Å²) in [4.78, 5) is 0. The summed E-state index contributed by atoms with van der Waals surface area (Å²) in [5.74, 6) is 1.62. The first-order valence-corrected chi connectivity index (χ1v) is 7.08. The van der Waals surface area contributed by atoms with Gasteiger partial charge in [-0.2, -0.15) is 0 Å². The van der Waals surface area contributed by atoms with E-state index < -0.39 is 0 Å². The normalized spacial score (nSPS) is 54.8. The largest absolute Gasteiger partial charge is 0.369 e. The molecule has 3 fully saturated rings. The number of ether oxygens (including phenoxy) is 1. The molecule has 0 spiro atoms. The fourth-order valence-electron chi connectivity index (χ4n) is 5.52. The second-order valence-corrected chi connectivity index (χ2v) is 7.50. The number of hydrogen-bond acceptors (Lipinski definition) is 1. The maximum absolute atomic E-state index is 6.52. The monoisotopic (exact) mass is 222 g/mol. The van der Waals surface area contributed by atoms with Crippen molar-refractivity contribution in [3.63, 3.8) is 0 Å². The fraction of sp³-hybridized carbons (Fsp3) is 1.00. The lowest BCUT2D eigenvalue weighted by atomic mass is 9.51. The van der Waals surface area contributed by atoms with Gasteiger partial charge >= 0.3 is 0 Å². The molecular formula is C15H26O. The minimum absolute atomic E-state index is 0.117. The van der Waals surface area contributed by atoms with Gasteiger partial charge in [0.2, 0.25) is 0 Å². The zero-order valence-corrected chi connectivity index (χ0v) is 11.3. The molecule has 1 nitrogen and oxygen atoms in total. The molecular weight excluding hydrogens is 196 g/mol. The lowest BCUT2D eigenvalue weighted by molar-refractivity contribution is -0.121. The van der Waals surface area contributed by atoms with Crippen molar-refractivity contribution in [3.8, 4) is 0 Å². The van der Waals surface area contributed by atoms with Crippen molar-refractivity contribution in [3.05, 3.63) is 0 Å². The first-order chi connectivity index (χ1) is 7.38. The van der Waals surface area contributed by atoms with Gasteiger partial charge in [-0.25, -0.2) is 0 Å². The predicted molar refractivity (Wildman–Crippen MR) is 66.4 cm³/mol. The molecule has 2 saturated carbocycles. The van der Waals surface area contributed by atoms with Gasteiger partial charge in [-0.3, -0.25) is 0 Å². The van der Waals surface area contributed by atoms with Gasteiger partial charge in [0, 0.05) is 0 Å². The zero-order valence-electron chi connectivity index (χ0n) is 11.3. The Morgan fingerprint density at radius 1 is 0.938 bits per heavy atom. The van der Waals surface area contributed by atoms with E-state index in [0.717, 1.165) is 11.8 Å². The average Bonchev–Trinajstić information content (AvgIpc) is 2.35. The van der Waals surface area contributed by atoms with E-state index in [-0.39, 0.29) is 11.2 Å². The summed E-state index contributed by atoms with van der Waals surface area (Å²) in [5, 5.41) is 0. The van der Waals surface area contributed by atoms with Crippen LogP contribution in [-0.2, 0) is 4.74 Å². The molecule has 1 saturated heterocycles. The molecule has 0 aromatic heterocycles. The minimum Gasteiger partial charge on any atom is -0.369 e. The van der Waals surface area contributed by atoms with Gasteiger partial charge < -0.3 is 4.74 Å². The van der Waals surface area contributed by atoms with Gasteiger partial charge in [-0.15, -0.1) is 0 Å². The maximum Gasteiger partial charge on any atom is 0.0698 e. The van der Waals surface area contributed by atoms with Gasteiger partial charge in [0.05, 0.1) is 11.2 Å². The van der Waals surface area contributed by atoms with Crippen LogP contribution in [-0.4, -0.2) is 11.2 Å². The van der Waals surface area contributed by atoms with Gasteiger partial charge in [0.15, 0.2) is 0 Å². The third kappa shape index (κ3) is 1.27. The molecule has 1 unspecified atom stereocenters. The zero-order chi connectivity index (χ0) is 11.6. The Bertz CT molecular complexity index is 305. The molecule has 3 rings (SSSR count). The standard InChI is InChI=1S/C15H26O/c1-13(2)11-7-5-8-14(3)9-6-10-15(4,16-13)12(11)14/h11-12H,5-10H2,1-4H3/t11-,12?,14-,15+/m0/s1. The first-order valence-electron chi connectivity index (χ1n) is 7.08. The van der Waals surface area contributed by atoms with Crippen molar-refractivity contribution in [1.82, 2.24) is 0 Å². The summed E-state index contributed by atoms with van der Waals surface area (Å²) in [6.07, 6.45) is 8.33. The van der Waals surface area contributed by atoms with E-state index in [1.54, 1.807) is 0 Å². The van der Waals surface area contributed by atoms with E-state index in [1.807, 2.05) is 0 Å². The van der Waals surface area contributed by atoms with Crippen molar-refractivity contribution in [1.29, 1.82) is 0 Å². The Kier molecular flexibility index (Phi) is 2.11. The van der Waals surface area contributed by atoms with Gasteiger partial charge in [0.1, 0.15) is 0 Å². The molecule has 16 heavy (non-hydrogen) atoms. The molecule has 1 heterocycles. The SMILES string of the molecule is CC1(C)O[C@]2(C)CCC[C@]3(C)CCC[C@H]1C32. The van der Waals surface area contributed by atoms with Crippen LogP contribution in [0.4, 0.5) is 0 Å². The van der Waals surface area contributed by atoms with Crippen LogP contribution in [0.15, 0.2) is 0 Å². The van der Waals surface area contributed by atoms with Gasteiger partial charge in [-0.1, -0.05) is 19.8 Å². The lowest BCUT2D eigenvalue weighted by Crippen LogP contribution is -2.49. The smallest absolute Gasteiger partial charge is 0.0698 e. The third-order valence-electron chi connectivity index (χ3n) is 5.88. The molecule has 3 aliphatic rings. The lowest BCUT2D eigenvalue weighted by Gasteiger charge is -2.52. The van der Waals surface area contributed by atoms with Crippen molar-refractivity contribution in [2.45, 2.75) is 77.4 Å². The van der Waals surface area contributed by atoms with E-state index in [0.29, 0.717) is 5.41 Å². The molecule has 2 aliphatic carbocycles. The Morgan fingerprint density at radius 2 is 1.62 bits per heavy atom. The summed E-state index contributed by atoms with van der Waals surface area (Å²) in [7, 11) is 0. The summed E-state index contributed by atoms with van der Waals surface area (Å²) in [6, 6.07) is 0. The van der Waals surface area contributed by atoms with Crippen LogP contribution in [0.1, 0.15) is 66.2 Å². The van der Waals surface area contributed by atoms with Crippen LogP contribution in [0.2, 0.25) is 0 Å². The van der Waals surface area contributed by atoms with E-state index in [4.69, 9.17) is 4.74 Å². The topological polar surface area (TPSA) is 9.23 Å². The first kappa shape index (κ1) is 11.1. The van der Waals surface area contributed by atoms with Crippen LogP contribution in [0.25, 0.3) is 0 Å². The molecule has 0 N–H and O–H groups in total. The van der Waals surface area contributed by atoms with Crippen molar-refractivity contribution in [2.75, 3.05) is 0 Å². The Hall–Kier alpha value is -0.0400. The summed E-state index contributed by atoms with van der Waals surface area (Å²) in [5.41, 5.74) is 0.872. The summed E-state index contributed by atoms with van der Waals surface area (Å²) in [6.45, 7) is 9.58. The van der Waals surface area contributed by atoms with Gasteiger partial charge in [0.25, 0.3) is 0 Å². The van der Waals surface area contributed by atoms with Crippen molar-refractivity contribution < 1.29 is 4.74 Å². The highest BCUT2D eigenvalue weighted by Crippen LogP contribution is 2.64. The molecule has 0 radical (unpaired) electrons. The van der Waals surface area contributed by atoms with E-state index in [1.165, 1.54) is 38.5 Å². The molecule has 4 atom stereocenters. The van der Waals surface area contributed by atoms with Crippen LogP contribution in [0, 0.1) is 17.3 Å². The van der Waals surface area contributed by atoms with Crippen LogP contribution < -0.4 is 0 Å². The fourth-order valence-corrected chi connectivity index (χ4v) is 5.52. The highest BCUT2D eigenvalue weighted by Gasteiger charge is 2.63. The highest BCUT2D eigenvalue weighted by molar-refractivity contribution is 5.12. The maximum atomic E-state index is 6.52. The van der Waals surface area contributed by atoms with E-state index >= 15 is 0 Å². The molecule has 0 aromatic rings. The molecule has 0 bridgehead atoms. The second kappa shape index (κ2) is 3.04. The van der Waals surface area contributed by atoms with E-state index in [2.05, 4.69) is 27.7 Å². The third-order valence-corrected chi connectivity index (χ3v) is 5.88.